The van der Waals surface area contributed by atoms with Gasteiger partial charge in [0, 0.05) is 4.88 Å². The number of carbonyl (C=O) groups excluding carboxylic acids is 1. The number of nitrogens with one attached hydrogen (secondary N) is 1. The summed E-state index contributed by atoms with van der Waals surface area (Å²) < 4.78 is 0. The normalized spacial score (nSPS) is 13.7. The summed E-state index contributed by atoms with van der Waals surface area (Å²) in [6.45, 7) is 5.90. The second-order valence-electron chi connectivity index (χ2n) is 5.21. The highest BCUT2D eigenvalue weighted by Gasteiger charge is 2.19. The quantitative estimate of drug-likeness (QED) is 0.892. The molecule has 0 saturated carbocycles. The van der Waals surface area contributed by atoms with Crippen LogP contribution in [0, 0.1) is 13.8 Å². The van der Waals surface area contributed by atoms with Gasteiger partial charge < -0.3 is 11.1 Å². The summed E-state index contributed by atoms with van der Waals surface area (Å²) in [6, 6.07) is 9.21. The number of aryl methyl sites for hydroxylation is 2. The van der Waals surface area contributed by atoms with Crippen LogP contribution in [-0.2, 0) is 11.2 Å². The number of thiazole rings is 1. The van der Waals surface area contributed by atoms with E-state index in [9.17, 15) is 4.79 Å². The van der Waals surface area contributed by atoms with Crippen molar-refractivity contribution in [3.8, 4) is 0 Å². The number of rotatable bonds is 5. The second kappa shape index (κ2) is 6.83. The molecule has 2 aromatic rings. The van der Waals surface area contributed by atoms with Gasteiger partial charge in [0.2, 0.25) is 5.91 Å². The summed E-state index contributed by atoms with van der Waals surface area (Å²) in [6.07, 6.45) is 0.542. The first-order valence-electron chi connectivity index (χ1n) is 7.01. The van der Waals surface area contributed by atoms with Crippen LogP contribution in [0.4, 0.5) is 0 Å². The molecule has 3 N–H and O–H groups in total. The molecule has 1 amide bonds. The van der Waals surface area contributed by atoms with Crippen LogP contribution in [0.3, 0.4) is 0 Å². The summed E-state index contributed by atoms with van der Waals surface area (Å²) in [5.74, 6) is -0.128. The third kappa shape index (κ3) is 4.12. The first-order chi connectivity index (χ1) is 9.97. The van der Waals surface area contributed by atoms with E-state index in [1.807, 2.05) is 51.1 Å². The Morgan fingerprint density at radius 1 is 1.33 bits per heavy atom. The molecule has 4 nitrogen and oxygen atoms in total. The highest BCUT2D eigenvalue weighted by Crippen LogP contribution is 2.24. The van der Waals surface area contributed by atoms with Gasteiger partial charge in [0.05, 0.1) is 22.8 Å². The van der Waals surface area contributed by atoms with Crippen molar-refractivity contribution in [2.45, 2.75) is 39.3 Å². The van der Waals surface area contributed by atoms with E-state index in [2.05, 4.69) is 10.3 Å². The Morgan fingerprint density at radius 3 is 2.57 bits per heavy atom. The zero-order valence-electron chi connectivity index (χ0n) is 12.6. The first-order valence-corrected chi connectivity index (χ1v) is 7.83. The maximum atomic E-state index is 12.2. The van der Waals surface area contributed by atoms with Crippen LogP contribution in [0.25, 0.3) is 0 Å². The van der Waals surface area contributed by atoms with Gasteiger partial charge in [0.15, 0.2) is 0 Å². The zero-order valence-corrected chi connectivity index (χ0v) is 13.4. The predicted molar refractivity (Wildman–Crippen MR) is 86.3 cm³/mol. The lowest BCUT2D eigenvalue weighted by molar-refractivity contribution is -0.122. The molecule has 0 fully saturated rings. The van der Waals surface area contributed by atoms with Gasteiger partial charge in [-0.15, -0.1) is 11.3 Å². The van der Waals surface area contributed by atoms with E-state index in [1.54, 1.807) is 11.3 Å². The summed E-state index contributed by atoms with van der Waals surface area (Å²) in [4.78, 5) is 17.7. The van der Waals surface area contributed by atoms with E-state index in [0.29, 0.717) is 6.42 Å². The number of hydrogen-bond donors (Lipinski definition) is 2. The van der Waals surface area contributed by atoms with Crippen LogP contribution in [0.15, 0.2) is 30.3 Å². The lowest BCUT2D eigenvalue weighted by Gasteiger charge is -2.17. The summed E-state index contributed by atoms with van der Waals surface area (Å²) in [7, 11) is 0. The van der Waals surface area contributed by atoms with Crippen LogP contribution in [0.2, 0.25) is 0 Å². The van der Waals surface area contributed by atoms with Crippen molar-refractivity contribution in [2.24, 2.45) is 5.73 Å². The molecular weight excluding hydrogens is 282 g/mol. The fourth-order valence-electron chi connectivity index (χ4n) is 2.30. The van der Waals surface area contributed by atoms with Gasteiger partial charge in [0.25, 0.3) is 0 Å². The van der Waals surface area contributed by atoms with Gasteiger partial charge in [0.1, 0.15) is 0 Å². The Hall–Kier alpha value is -1.72. The van der Waals surface area contributed by atoms with Crippen molar-refractivity contribution in [2.75, 3.05) is 0 Å². The van der Waals surface area contributed by atoms with Crippen LogP contribution >= 0.6 is 11.3 Å². The number of carbonyl (C=O) groups is 1. The topological polar surface area (TPSA) is 68.0 Å². The third-order valence-corrected chi connectivity index (χ3v) is 4.58. The molecule has 1 unspecified atom stereocenters. The van der Waals surface area contributed by atoms with Crippen molar-refractivity contribution in [3.63, 3.8) is 0 Å². The molecule has 1 aromatic carbocycles. The zero-order chi connectivity index (χ0) is 15.4. The number of aromatic nitrogens is 1. The van der Waals surface area contributed by atoms with E-state index in [-0.39, 0.29) is 11.9 Å². The number of amides is 1. The van der Waals surface area contributed by atoms with E-state index in [0.717, 1.165) is 21.1 Å². The standard InChI is InChI=1S/C16H21N3OS/c1-10-15(21-12(3)18-10)11(2)19-16(20)14(17)9-13-7-5-4-6-8-13/h4-8,11,14H,9,17H2,1-3H3,(H,19,20)/t11?,14-/m0/s1. The van der Waals surface area contributed by atoms with Gasteiger partial charge in [-0.25, -0.2) is 4.98 Å². The van der Waals surface area contributed by atoms with Gasteiger partial charge in [-0.1, -0.05) is 30.3 Å². The SMILES string of the molecule is Cc1nc(C)c(C(C)NC(=O)[C@@H](N)Cc2ccccc2)s1. The molecule has 21 heavy (non-hydrogen) atoms. The van der Waals surface area contributed by atoms with Crippen LogP contribution in [0.1, 0.15) is 34.1 Å². The van der Waals surface area contributed by atoms with Crippen LogP contribution in [-0.4, -0.2) is 16.9 Å². The van der Waals surface area contributed by atoms with Gasteiger partial charge in [-0.05, 0) is 32.8 Å². The van der Waals surface area contributed by atoms with Crippen molar-refractivity contribution in [1.29, 1.82) is 0 Å². The highest BCUT2D eigenvalue weighted by atomic mass is 32.1. The smallest absolute Gasteiger partial charge is 0.237 e. The average molecular weight is 303 g/mol. The summed E-state index contributed by atoms with van der Waals surface area (Å²) >= 11 is 1.61. The monoisotopic (exact) mass is 303 g/mol. The molecule has 0 spiro atoms. The number of benzene rings is 1. The van der Waals surface area contributed by atoms with Crippen molar-refractivity contribution >= 4 is 17.2 Å². The minimum absolute atomic E-state index is 0.0643. The minimum Gasteiger partial charge on any atom is -0.347 e. The van der Waals surface area contributed by atoms with Crippen molar-refractivity contribution < 1.29 is 4.79 Å². The first kappa shape index (κ1) is 15.7. The average Bonchev–Trinajstić information content (AvgIpc) is 2.78. The molecule has 2 atom stereocenters. The highest BCUT2D eigenvalue weighted by molar-refractivity contribution is 7.11. The Bertz CT molecular complexity index is 609. The van der Waals surface area contributed by atoms with Crippen molar-refractivity contribution in [1.82, 2.24) is 10.3 Å². The third-order valence-electron chi connectivity index (χ3n) is 3.33. The van der Waals surface area contributed by atoms with Gasteiger partial charge in [-0.3, -0.25) is 4.79 Å². The minimum atomic E-state index is -0.538. The van der Waals surface area contributed by atoms with Crippen LogP contribution < -0.4 is 11.1 Å². The summed E-state index contributed by atoms with van der Waals surface area (Å²) in [5.41, 5.74) is 8.04. The van der Waals surface area contributed by atoms with E-state index < -0.39 is 6.04 Å². The van der Waals surface area contributed by atoms with E-state index >= 15 is 0 Å². The van der Waals surface area contributed by atoms with Crippen molar-refractivity contribution in [3.05, 3.63) is 51.5 Å². The fourth-order valence-corrected chi connectivity index (χ4v) is 3.23. The largest absolute Gasteiger partial charge is 0.347 e. The van der Waals surface area contributed by atoms with Gasteiger partial charge in [-0.2, -0.15) is 0 Å². The molecule has 112 valence electrons. The molecule has 1 heterocycles. The second-order valence-corrected chi connectivity index (χ2v) is 6.44. The lowest BCUT2D eigenvalue weighted by atomic mass is 10.1. The molecule has 1 aromatic heterocycles. The molecule has 2 rings (SSSR count). The van der Waals surface area contributed by atoms with E-state index in [4.69, 9.17) is 5.73 Å². The van der Waals surface area contributed by atoms with E-state index in [1.165, 1.54) is 0 Å². The molecule has 0 radical (unpaired) electrons. The molecule has 0 aliphatic heterocycles. The molecule has 0 aliphatic rings. The maximum Gasteiger partial charge on any atom is 0.237 e. The Balaban J connectivity index is 1.96. The predicted octanol–water partition coefficient (Wildman–Crippen LogP) is 2.51. The Kier molecular flexibility index (Phi) is 5.09. The number of nitrogens with zero attached hydrogens (tertiary/aromatic N) is 1. The number of hydrogen-bond acceptors (Lipinski definition) is 4. The van der Waals surface area contributed by atoms with Gasteiger partial charge >= 0.3 is 0 Å². The molecule has 0 saturated heterocycles. The molecule has 0 aliphatic carbocycles. The molecular formula is C16H21N3OS. The fraction of sp³-hybridized carbons (Fsp3) is 0.375. The lowest BCUT2D eigenvalue weighted by Crippen LogP contribution is -2.42. The summed E-state index contributed by atoms with van der Waals surface area (Å²) in [5, 5.41) is 3.99. The molecule has 0 bridgehead atoms. The Labute approximate surface area is 129 Å². The number of nitrogens with two attached hydrogens (primary N) is 1. The maximum absolute atomic E-state index is 12.2. The van der Waals surface area contributed by atoms with Crippen LogP contribution in [0.5, 0.6) is 0 Å². The Morgan fingerprint density at radius 2 is 2.00 bits per heavy atom. The molecule has 5 heteroatoms.